The number of nitrogens with two attached hydrogens (primary N) is 1. The van der Waals surface area contributed by atoms with E-state index < -0.39 is 4.92 Å². The van der Waals surface area contributed by atoms with E-state index in [4.69, 9.17) is 5.73 Å². The first kappa shape index (κ1) is 13.3. The molecule has 0 aliphatic heterocycles. The van der Waals surface area contributed by atoms with E-state index in [0.29, 0.717) is 0 Å². The zero-order chi connectivity index (χ0) is 13.2. The van der Waals surface area contributed by atoms with Gasteiger partial charge in [-0.2, -0.15) is 0 Å². The molecule has 1 atom stereocenters. The topological polar surface area (TPSA) is 81.2 Å². The predicted octanol–water partition coefficient (Wildman–Crippen LogP) is 3.02. The number of anilines is 2. The van der Waals surface area contributed by atoms with Crippen LogP contribution >= 0.6 is 0 Å². The highest BCUT2D eigenvalue weighted by atomic mass is 16.6. The molecule has 0 spiro atoms. The van der Waals surface area contributed by atoms with Crippen molar-refractivity contribution >= 4 is 17.1 Å². The fourth-order valence-corrected chi connectivity index (χ4v) is 1.28. The molecule has 1 aromatic carbocycles. The first-order chi connectivity index (χ1) is 7.71. The minimum absolute atomic E-state index is 0.0565. The summed E-state index contributed by atoms with van der Waals surface area (Å²) < 4.78 is 0. The molecule has 5 nitrogen and oxygen atoms in total. The molecular formula is C12H19N3O2. The van der Waals surface area contributed by atoms with Gasteiger partial charge in [-0.3, -0.25) is 10.1 Å². The van der Waals surface area contributed by atoms with Gasteiger partial charge < -0.3 is 11.1 Å². The highest BCUT2D eigenvalue weighted by Crippen LogP contribution is 2.27. The zero-order valence-corrected chi connectivity index (χ0v) is 10.7. The van der Waals surface area contributed by atoms with Crippen LogP contribution in [0, 0.1) is 15.5 Å². The Hall–Kier alpha value is -1.78. The van der Waals surface area contributed by atoms with Gasteiger partial charge in [0, 0.05) is 17.8 Å². The Morgan fingerprint density at radius 3 is 2.41 bits per heavy atom. The van der Waals surface area contributed by atoms with Crippen LogP contribution in [0.15, 0.2) is 18.2 Å². The van der Waals surface area contributed by atoms with Crippen molar-refractivity contribution in [2.24, 2.45) is 5.41 Å². The Kier molecular flexibility index (Phi) is 3.60. The summed E-state index contributed by atoms with van der Waals surface area (Å²) >= 11 is 0. The molecule has 0 heterocycles. The number of nitro groups is 1. The van der Waals surface area contributed by atoms with Crippen LogP contribution in [0.4, 0.5) is 17.1 Å². The van der Waals surface area contributed by atoms with Gasteiger partial charge in [0.15, 0.2) is 0 Å². The van der Waals surface area contributed by atoms with Crippen LogP contribution in [0.2, 0.25) is 0 Å². The van der Waals surface area contributed by atoms with E-state index in [9.17, 15) is 10.1 Å². The lowest BCUT2D eigenvalue weighted by molar-refractivity contribution is -0.383. The quantitative estimate of drug-likeness (QED) is 0.481. The van der Waals surface area contributed by atoms with Crippen molar-refractivity contribution in [3.05, 3.63) is 28.3 Å². The molecule has 0 aromatic heterocycles. The van der Waals surface area contributed by atoms with Gasteiger partial charge in [-0.1, -0.05) is 20.8 Å². The Morgan fingerprint density at radius 1 is 1.41 bits per heavy atom. The number of nitro benzene ring substituents is 1. The van der Waals surface area contributed by atoms with Crippen molar-refractivity contribution in [2.45, 2.75) is 33.7 Å². The van der Waals surface area contributed by atoms with Gasteiger partial charge in [-0.25, -0.2) is 0 Å². The molecule has 3 N–H and O–H groups in total. The van der Waals surface area contributed by atoms with Crippen LogP contribution in [0.25, 0.3) is 0 Å². The summed E-state index contributed by atoms with van der Waals surface area (Å²) in [5.74, 6) is 0. The number of nitrogens with one attached hydrogen (secondary N) is 1. The highest BCUT2D eigenvalue weighted by molar-refractivity contribution is 5.66. The average Bonchev–Trinajstić information content (AvgIpc) is 2.15. The normalized spacial score (nSPS) is 13.2. The third kappa shape index (κ3) is 3.34. The van der Waals surface area contributed by atoms with Crippen molar-refractivity contribution in [3.8, 4) is 0 Å². The second-order valence-electron chi connectivity index (χ2n) is 5.26. The summed E-state index contributed by atoms with van der Waals surface area (Å²) in [6.45, 7) is 8.44. The molecule has 0 aliphatic rings. The van der Waals surface area contributed by atoms with Crippen molar-refractivity contribution in [3.63, 3.8) is 0 Å². The van der Waals surface area contributed by atoms with Crippen LogP contribution in [0.3, 0.4) is 0 Å². The summed E-state index contributed by atoms with van der Waals surface area (Å²) in [6, 6.07) is 4.94. The van der Waals surface area contributed by atoms with Crippen LogP contribution in [-0.2, 0) is 0 Å². The Morgan fingerprint density at radius 2 is 2.00 bits per heavy atom. The number of hydrogen-bond acceptors (Lipinski definition) is 4. The molecule has 1 unspecified atom stereocenters. The number of nitrogen functional groups attached to an aromatic ring is 1. The van der Waals surface area contributed by atoms with Gasteiger partial charge in [0.1, 0.15) is 5.69 Å². The van der Waals surface area contributed by atoms with Crippen LogP contribution in [0.5, 0.6) is 0 Å². The van der Waals surface area contributed by atoms with E-state index >= 15 is 0 Å². The number of rotatable bonds is 3. The summed E-state index contributed by atoms with van der Waals surface area (Å²) in [4.78, 5) is 10.1. The summed E-state index contributed by atoms with van der Waals surface area (Å²) in [5.41, 5.74) is 6.66. The van der Waals surface area contributed by atoms with Gasteiger partial charge in [-0.15, -0.1) is 0 Å². The molecule has 1 rings (SSSR count). The smallest absolute Gasteiger partial charge is 0.292 e. The third-order valence-electron chi connectivity index (χ3n) is 2.91. The Labute approximate surface area is 101 Å². The molecule has 5 heteroatoms. The fraction of sp³-hybridized carbons (Fsp3) is 0.500. The standard InChI is InChI=1S/C12H19N3O2/c1-8(12(2,3)4)14-9-5-6-11(15(16)17)10(13)7-9/h5-8,14H,13H2,1-4H3. The lowest BCUT2D eigenvalue weighted by atomic mass is 9.88. The van der Waals surface area contributed by atoms with Crippen molar-refractivity contribution < 1.29 is 4.92 Å². The van der Waals surface area contributed by atoms with Crippen LogP contribution < -0.4 is 11.1 Å². The predicted molar refractivity (Wildman–Crippen MR) is 70.0 cm³/mol. The second-order valence-corrected chi connectivity index (χ2v) is 5.26. The lowest BCUT2D eigenvalue weighted by Gasteiger charge is -2.29. The molecule has 1 aromatic rings. The fourth-order valence-electron chi connectivity index (χ4n) is 1.28. The van der Waals surface area contributed by atoms with Crippen LogP contribution in [-0.4, -0.2) is 11.0 Å². The maximum atomic E-state index is 10.6. The van der Waals surface area contributed by atoms with Gasteiger partial charge in [0.2, 0.25) is 0 Å². The second kappa shape index (κ2) is 4.61. The highest BCUT2D eigenvalue weighted by Gasteiger charge is 2.20. The van der Waals surface area contributed by atoms with E-state index in [1.165, 1.54) is 6.07 Å². The first-order valence-corrected chi connectivity index (χ1v) is 5.52. The maximum Gasteiger partial charge on any atom is 0.292 e. The molecule has 0 saturated heterocycles. The van der Waals surface area contributed by atoms with Crippen molar-refractivity contribution in [2.75, 3.05) is 11.1 Å². The summed E-state index contributed by atoms with van der Waals surface area (Å²) in [6.07, 6.45) is 0. The third-order valence-corrected chi connectivity index (χ3v) is 2.91. The Bertz CT molecular complexity index is 424. The van der Waals surface area contributed by atoms with Gasteiger partial charge in [-0.05, 0) is 24.5 Å². The number of benzene rings is 1. The van der Waals surface area contributed by atoms with E-state index in [0.717, 1.165) is 5.69 Å². The SMILES string of the molecule is CC(Nc1ccc([N+](=O)[O-])c(N)c1)C(C)(C)C. The summed E-state index contributed by atoms with van der Waals surface area (Å²) in [5, 5.41) is 13.9. The van der Waals surface area contributed by atoms with E-state index in [1.54, 1.807) is 12.1 Å². The minimum Gasteiger partial charge on any atom is -0.393 e. The van der Waals surface area contributed by atoms with Gasteiger partial charge in [0.05, 0.1) is 4.92 Å². The van der Waals surface area contributed by atoms with E-state index in [-0.39, 0.29) is 22.8 Å². The maximum absolute atomic E-state index is 10.6. The molecule has 0 saturated carbocycles. The number of hydrogen-bond donors (Lipinski definition) is 2. The van der Waals surface area contributed by atoms with Crippen LogP contribution in [0.1, 0.15) is 27.7 Å². The Balaban J connectivity index is 2.88. The molecule has 17 heavy (non-hydrogen) atoms. The first-order valence-electron chi connectivity index (χ1n) is 5.52. The molecule has 94 valence electrons. The lowest BCUT2D eigenvalue weighted by Crippen LogP contribution is -2.30. The summed E-state index contributed by atoms with van der Waals surface area (Å²) in [7, 11) is 0. The molecule has 0 bridgehead atoms. The van der Waals surface area contributed by atoms with Crippen molar-refractivity contribution in [1.82, 2.24) is 0 Å². The molecule has 0 radical (unpaired) electrons. The van der Waals surface area contributed by atoms with E-state index in [2.05, 4.69) is 33.0 Å². The zero-order valence-electron chi connectivity index (χ0n) is 10.7. The van der Waals surface area contributed by atoms with Crippen molar-refractivity contribution in [1.29, 1.82) is 0 Å². The average molecular weight is 237 g/mol. The largest absolute Gasteiger partial charge is 0.393 e. The van der Waals surface area contributed by atoms with Gasteiger partial charge >= 0.3 is 0 Å². The number of nitrogens with zero attached hydrogens (tertiary/aromatic N) is 1. The minimum atomic E-state index is -0.480. The molecule has 0 amide bonds. The molecular weight excluding hydrogens is 218 g/mol. The monoisotopic (exact) mass is 237 g/mol. The van der Waals surface area contributed by atoms with E-state index in [1.807, 2.05) is 0 Å². The van der Waals surface area contributed by atoms with Gasteiger partial charge in [0.25, 0.3) is 5.69 Å². The molecule has 0 fully saturated rings. The molecule has 0 aliphatic carbocycles.